The van der Waals surface area contributed by atoms with E-state index in [-0.39, 0.29) is 0 Å². The number of thiophene rings is 1. The molecule has 0 aromatic carbocycles. The summed E-state index contributed by atoms with van der Waals surface area (Å²) in [6.07, 6.45) is 6.90. The van der Waals surface area contributed by atoms with Crippen LogP contribution in [0.2, 0.25) is 0 Å². The van der Waals surface area contributed by atoms with Crippen molar-refractivity contribution in [2.75, 3.05) is 0 Å². The Morgan fingerprint density at radius 3 is 3.25 bits per heavy atom. The Kier molecular flexibility index (Phi) is 2.69. The fourth-order valence-electron chi connectivity index (χ4n) is 2.48. The molecule has 3 rings (SSSR count). The lowest BCUT2D eigenvalue weighted by molar-refractivity contribution is 0.456. The number of rotatable bonds is 2. The molecule has 0 bridgehead atoms. The quantitative estimate of drug-likeness (QED) is 0.786. The number of aromatic nitrogens is 2. The summed E-state index contributed by atoms with van der Waals surface area (Å²) in [6, 6.07) is 2.28. The van der Waals surface area contributed by atoms with E-state index in [0.29, 0.717) is 0 Å². The summed E-state index contributed by atoms with van der Waals surface area (Å²) in [5.41, 5.74) is 2.81. The smallest absolute Gasteiger partial charge is 0.174 e. The number of hydrogen-bond donors (Lipinski definition) is 2. The topological polar surface area (TPSA) is 31.6 Å². The summed E-state index contributed by atoms with van der Waals surface area (Å²) >= 11 is 6.95. The van der Waals surface area contributed by atoms with Crippen molar-refractivity contribution >= 4 is 23.6 Å². The first-order valence-electron chi connectivity index (χ1n) is 5.63. The van der Waals surface area contributed by atoms with Gasteiger partial charge in [0.25, 0.3) is 0 Å². The number of hydrogen-bond acceptors (Lipinski definition) is 2. The van der Waals surface area contributed by atoms with E-state index in [1.54, 1.807) is 10.4 Å². The van der Waals surface area contributed by atoms with Crippen LogP contribution in [0.15, 0.2) is 17.6 Å². The molecule has 2 aromatic heterocycles. The molecule has 1 aliphatic rings. The molecule has 0 aliphatic heterocycles. The molecule has 0 saturated heterocycles. The lowest BCUT2D eigenvalue weighted by Crippen LogP contribution is -2.14. The van der Waals surface area contributed by atoms with E-state index in [1.165, 1.54) is 25.0 Å². The van der Waals surface area contributed by atoms with Gasteiger partial charge in [0.2, 0.25) is 0 Å². The Morgan fingerprint density at radius 2 is 2.44 bits per heavy atom. The maximum atomic E-state index is 5.04. The highest BCUT2D eigenvalue weighted by Gasteiger charge is 2.19. The van der Waals surface area contributed by atoms with E-state index in [2.05, 4.69) is 21.4 Å². The highest BCUT2D eigenvalue weighted by Crippen LogP contribution is 2.30. The first-order chi connectivity index (χ1) is 7.81. The minimum atomic E-state index is 0.738. The Hall–Kier alpha value is -0.870. The van der Waals surface area contributed by atoms with E-state index >= 15 is 0 Å². The third-order valence-corrected chi connectivity index (χ3v) is 4.53. The van der Waals surface area contributed by atoms with Crippen LogP contribution >= 0.6 is 23.6 Å². The Morgan fingerprint density at radius 1 is 1.50 bits per heavy atom. The van der Waals surface area contributed by atoms with Crippen LogP contribution in [0.5, 0.6) is 0 Å². The molecule has 4 heteroatoms. The van der Waals surface area contributed by atoms with Crippen LogP contribution in [-0.4, -0.2) is 9.97 Å². The molecule has 1 aliphatic carbocycles. The van der Waals surface area contributed by atoms with Gasteiger partial charge in [0.15, 0.2) is 4.77 Å². The molecule has 1 atom stereocenters. The number of aromatic amines is 2. The highest BCUT2D eigenvalue weighted by atomic mass is 32.1. The predicted molar refractivity (Wildman–Crippen MR) is 69.5 cm³/mol. The fraction of sp³-hybridized carbons (Fsp3) is 0.417. The van der Waals surface area contributed by atoms with E-state index in [4.69, 9.17) is 12.2 Å². The molecule has 0 radical (unpaired) electrons. The Balaban J connectivity index is 1.72. The van der Waals surface area contributed by atoms with Gasteiger partial charge in [-0.3, -0.25) is 0 Å². The molecule has 0 spiro atoms. The third kappa shape index (κ3) is 1.99. The van der Waals surface area contributed by atoms with Crippen molar-refractivity contribution in [1.82, 2.24) is 9.97 Å². The molecule has 1 unspecified atom stereocenters. The maximum absolute atomic E-state index is 5.04. The van der Waals surface area contributed by atoms with Crippen molar-refractivity contribution in [2.24, 2.45) is 5.92 Å². The summed E-state index contributed by atoms with van der Waals surface area (Å²) < 4.78 is 0.738. The van der Waals surface area contributed by atoms with Gasteiger partial charge in [0.1, 0.15) is 0 Å². The molecule has 2 nitrogen and oxygen atoms in total. The van der Waals surface area contributed by atoms with Crippen LogP contribution < -0.4 is 0 Å². The van der Waals surface area contributed by atoms with Gasteiger partial charge in [0.05, 0.1) is 0 Å². The second kappa shape index (κ2) is 4.18. The fourth-order valence-corrected chi connectivity index (χ4v) is 3.61. The van der Waals surface area contributed by atoms with Gasteiger partial charge in [-0.15, -0.1) is 11.3 Å². The SMILES string of the molecule is S=c1[nH]cc(CC2CCc3sccc3C2)[nH]1. The lowest BCUT2D eigenvalue weighted by atomic mass is 9.86. The van der Waals surface area contributed by atoms with E-state index in [9.17, 15) is 0 Å². The molecule has 2 aromatic rings. The molecule has 2 N–H and O–H groups in total. The molecular formula is C12H14N2S2. The summed E-state index contributed by atoms with van der Waals surface area (Å²) in [5, 5.41) is 2.22. The molecule has 84 valence electrons. The third-order valence-electron chi connectivity index (χ3n) is 3.29. The van der Waals surface area contributed by atoms with Crippen molar-refractivity contribution in [3.63, 3.8) is 0 Å². The van der Waals surface area contributed by atoms with E-state index < -0.39 is 0 Å². The summed E-state index contributed by atoms with van der Waals surface area (Å²) in [4.78, 5) is 7.83. The van der Waals surface area contributed by atoms with Gasteiger partial charge in [-0.25, -0.2) is 0 Å². The van der Waals surface area contributed by atoms with Crippen molar-refractivity contribution in [3.8, 4) is 0 Å². The first-order valence-corrected chi connectivity index (χ1v) is 6.92. The van der Waals surface area contributed by atoms with Crippen LogP contribution in [0, 0.1) is 10.7 Å². The summed E-state index contributed by atoms with van der Waals surface area (Å²) in [5.74, 6) is 0.767. The van der Waals surface area contributed by atoms with Gasteiger partial charge in [-0.2, -0.15) is 0 Å². The second-order valence-corrected chi connectivity index (χ2v) is 5.86. The van der Waals surface area contributed by atoms with Gasteiger partial charge in [0, 0.05) is 16.8 Å². The van der Waals surface area contributed by atoms with Gasteiger partial charge < -0.3 is 9.97 Å². The highest BCUT2D eigenvalue weighted by molar-refractivity contribution is 7.71. The van der Waals surface area contributed by atoms with Crippen LogP contribution in [-0.2, 0) is 19.3 Å². The van der Waals surface area contributed by atoms with Crippen LogP contribution in [0.25, 0.3) is 0 Å². The average Bonchev–Trinajstić information content (AvgIpc) is 2.87. The number of imidazole rings is 1. The molecular weight excluding hydrogens is 236 g/mol. The first kappa shape index (κ1) is 10.3. The number of aryl methyl sites for hydroxylation is 1. The maximum Gasteiger partial charge on any atom is 0.174 e. The predicted octanol–water partition coefficient (Wildman–Crippen LogP) is 3.48. The zero-order valence-corrected chi connectivity index (χ0v) is 10.6. The number of nitrogens with one attached hydrogen (secondary N) is 2. The van der Waals surface area contributed by atoms with Crippen molar-refractivity contribution in [2.45, 2.75) is 25.7 Å². The van der Waals surface area contributed by atoms with Crippen LogP contribution in [0.3, 0.4) is 0 Å². The van der Waals surface area contributed by atoms with E-state index in [1.807, 2.05) is 17.5 Å². The minimum absolute atomic E-state index is 0.738. The van der Waals surface area contributed by atoms with Gasteiger partial charge in [-0.05, 0) is 60.8 Å². The minimum Gasteiger partial charge on any atom is -0.337 e. The molecule has 16 heavy (non-hydrogen) atoms. The molecule has 0 amide bonds. The summed E-state index contributed by atoms with van der Waals surface area (Å²) in [6.45, 7) is 0. The van der Waals surface area contributed by atoms with Crippen molar-refractivity contribution < 1.29 is 0 Å². The number of fused-ring (bicyclic) bond motifs is 1. The lowest BCUT2D eigenvalue weighted by Gasteiger charge is -2.21. The van der Waals surface area contributed by atoms with Crippen molar-refractivity contribution in [3.05, 3.63) is 38.5 Å². The van der Waals surface area contributed by atoms with Crippen LogP contribution in [0.1, 0.15) is 22.6 Å². The van der Waals surface area contributed by atoms with Gasteiger partial charge in [-0.1, -0.05) is 0 Å². The summed E-state index contributed by atoms with van der Waals surface area (Å²) in [7, 11) is 0. The van der Waals surface area contributed by atoms with Crippen LogP contribution in [0.4, 0.5) is 0 Å². The molecule has 0 fully saturated rings. The second-order valence-electron chi connectivity index (χ2n) is 4.45. The van der Waals surface area contributed by atoms with Gasteiger partial charge >= 0.3 is 0 Å². The Bertz CT molecular complexity index is 535. The average molecular weight is 250 g/mol. The largest absolute Gasteiger partial charge is 0.337 e. The Labute approximate surface area is 104 Å². The number of H-pyrrole nitrogens is 2. The standard InChI is InChI=1S/C12H14N2S2/c15-12-13-7-10(14-12)6-8-1-2-11-9(5-8)3-4-16-11/h3-4,7-8H,1-2,5-6H2,(H2,13,14,15). The zero-order valence-electron chi connectivity index (χ0n) is 8.95. The normalized spacial score (nSPS) is 19.6. The monoisotopic (exact) mass is 250 g/mol. The molecule has 0 saturated carbocycles. The zero-order chi connectivity index (χ0) is 11.0. The van der Waals surface area contributed by atoms with Crippen molar-refractivity contribution in [1.29, 1.82) is 0 Å². The van der Waals surface area contributed by atoms with E-state index in [0.717, 1.165) is 17.1 Å². The molecule has 2 heterocycles.